The van der Waals surface area contributed by atoms with E-state index in [1.807, 2.05) is 43.5 Å². The number of nitrogens with two attached hydrogens (primary N) is 1. The molecular weight excluding hydrogens is 482 g/mol. The molecule has 1 aliphatic heterocycles. The fraction of sp³-hybridized carbons (Fsp3) is 0.190. The molecule has 4 aromatic rings. The van der Waals surface area contributed by atoms with Crippen molar-refractivity contribution in [3.63, 3.8) is 0 Å². The van der Waals surface area contributed by atoms with Crippen LogP contribution in [0.5, 0.6) is 0 Å². The summed E-state index contributed by atoms with van der Waals surface area (Å²) in [6.45, 7) is 1.85. The number of thiophene rings is 1. The number of halogens is 1. The second kappa shape index (κ2) is 7.72. The predicted molar refractivity (Wildman–Crippen MR) is 132 cm³/mol. The molecular formula is C21H20ClN7O2S2. The van der Waals surface area contributed by atoms with Gasteiger partial charge in [-0.1, -0.05) is 11.6 Å². The molecule has 0 saturated carbocycles. The standard InChI is InChI=1S/C21H20ClN7O2S2/c1-21(12-33(3,30)28(2)20(23)25-21)17-15(22)11-16(32-17)19-27-26-18(31-19)13-5-7-14(8-6-13)29-10-4-9-24-29/h4-11H,3,12H2,1-2H3,(H2,23,25)/t21-,33?/m0/s1. The van der Waals surface area contributed by atoms with Gasteiger partial charge < -0.3 is 10.2 Å². The zero-order valence-corrected chi connectivity index (χ0v) is 20.2. The summed E-state index contributed by atoms with van der Waals surface area (Å²) in [6.07, 6.45) is 3.59. The summed E-state index contributed by atoms with van der Waals surface area (Å²) in [5, 5.41) is 13.1. The zero-order valence-electron chi connectivity index (χ0n) is 17.8. The third-order valence-electron chi connectivity index (χ3n) is 5.38. The second-order valence-corrected chi connectivity index (χ2v) is 11.7. The lowest BCUT2D eigenvalue weighted by molar-refractivity contribution is 0.522. The largest absolute Gasteiger partial charge is 0.415 e. The third kappa shape index (κ3) is 3.81. The average molecular weight is 502 g/mol. The molecule has 33 heavy (non-hydrogen) atoms. The summed E-state index contributed by atoms with van der Waals surface area (Å²) in [6, 6.07) is 11.2. The minimum absolute atomic E-state index is 0.161. The fourth-order valence-corrected chi connectivity index (χ4v) is 6.95. The Kier molecular flexibility index (Phi) is 5.07. The van der Waals surface area contributed by atoms with Crippen molar-refractivity contribution in [2.45, 2.75) is 12.5 Å². The van der Waals surface area contributed by atoms with E-state index in [1.54, 1.807) is 24.0 Å². The molecule has 9 nitrogen and oxygen atoms in total. The number of aromatic nitrogens is 4. The van der Waals surface area contributed by atoms with Crippen molar-refractivity contribution in [3.8, 4) is 27.9 Å². The molecule has 0 radical (unpaired) electrons. The summed E-state index contributed by atoms with van der Waals surface area (Å²) in [5.41, 5.74) is 6.85. The second-order valence-electron chi connectivity index (χ2n) is 7.86. The minimum Gasteiger partial charge on any atom is -0.415 e. The van der Waals surface area contributed by atoms with Gasteiger partial charge in [0.1, 0.15) is 5.54 Å². The number of nitrogens with zero attached hydrogens (tertiary/aromatic N) is 6. The molecule has 0 spiro atoms. The van der Waals surface area contributed by atoms with Crippen LogP contribution in [-0.2, 0) is 15.2 Å². The van der Waals surface area contributed by atoms with Gasteiger partial charge in [0, 0.05) is 25.0 Å². The van der Waals surface area contributed by atoms with Crippen molar-refractivity contribution < 1.29 is 8.63 Å². The summed E-state index contributed by atoms with van der Waals surface area (Å²) >= 11 is 7.92. The Morgan fingerprint density at radius 1 is 1.27 bits per heavy atom. The highest BCUT2D eigenvalue weighted by Crippen LogP contribution is 2.44. The topological polar surface area (TPSA) is 115 Å². The van der Waals surface area contributed by atoms with Gasteiger partial charge in [0.2, 0.25) is 11.9 Å². The SMILES string of the molecule is C=S1(=O)C[C@@](C)(c2sc(-c3nnc(-c4ccc(-n5cccn5)cc4)o3)cc2Cl)N=C(N)N1C. The Labute approximate surface area is 199 Å². The maximum absolute atomic E-state index is 13.0. The van der Waals surface area contributed by atoms with Gasteiger partial charge in [-0.25, -0.2) is 13.9 Å². The van der Waals surface area contributed by atoms with Crippen LogP contribution in [-0.4, -0.2) is 53.1 Å². The molecule has 3 aromatic heterocycles. The van der Waals surface area contributed by atoms with E-state index in [1.165, 1.54) is 15.6 Å². The summed E-state index contributed by atoms with van der Waals surface area (Å²) in [4.78, 5) is 5.97. The van der Waals surface area contributed by atoms with Crippen LogP contribution in [0.1, 0.15) is 11.8 Å². The van der Waals surface area contributed by atoms with E-state index in [9.17, 15) is 4.21 Å². The number of guanidine groups is 1. The Morgan fingerprint density at radius 2 is 2.00 bits per heavy atom. The Morgan fingerprint density at radius 3 is 2.67 bits per heavy atom. The van der Waals surface area contributed by atoms with E-state index < -0.39 is 15.2 Å². The molecule has 12 heteroatoms. The highest BCUT2D eigenvalue weighted by Gasteiger charge is 2.40. The van der Waals surface area contributed by atoms with Crippen LogP contribution >= 0.6 is 22.9 Å². The van der Waals surface area contributed by atoms with E-state index >= 15 is 0 Å². The maximum atomic E-state index is 13.0. The van der Waals surface area contributed by atoms with Crippen LogP contribution in [0, 0.1) is 0 Å². The first-order chi connectivity index (χ1) is 15.7. The van der Waals surface area contributed by atoms with Gasteiger partial charge >= 0.3 is 0 Å². The minimum atomic E-state index is -2.62. The van der Waals surface area contributed by atoms with E-state index in [0.717, 1.165) is 16.1 Å². The van der Waals surface area contributed by atoms with E-state index in [2.05, 4.69) is 26.2 Å². The summed E-state index contributed by atoms with van der Waals surface area (Å²) < 4.78 is 22.1. The van der Waals surface area contributed by atoms with Crippen LogP contribution in [0.15, 0.2) is 58.2 Å². The van der Waals surface area contributed by atoms with Gasteiger partial charge in [0.25, 0.3) is 5.89 Å². The molecule has 0 aliphatic carbocycles. The number of rotatable bonds is 4. The van der Waals surface area contributed by atoms with Crippen molar-refractivity contribution in [3.05, 3.63) is 58.7 Å². The van der Waals surface area contributed by atoms with E-state index in [4.69, 9.17) is 21.8 Å². The van der Waals surface area contributed by atoms with Gasteiger partial charge in [0.15, 0.2) is 0 Å². The Balaban J connectivity index is 1.45. The number of hydrogen-bond acceptors (Lipinski definition) is 8. The molecule has 1 aromatic carbocycles. The van der Waals surface area contributed by atoms with Gasteiger partial charge in [-0.05, 0) is 49.2 Å². The van der Waals surface area contributed by atoms with Crippen molar-refractivity contribution in [1.82, 2.24) is 24.3 Å². The molecule has 5 rings (SSSR count). The summed E-state index contributed by atoms with van der Waals surface area (Å²) in [7, 11) is -1.00. The fourth-order valence-electron chi connectivity index (χ4n) is 3.64. The van der Waals surface area contributed by atoms with Crippen LogP contribution in [0.2, 0.25) is 5.02 Å². The van der Waals surface area contributed by atoms with Gasteiger partial charge in [-0.3, -0.25) is 4.31 Å². The monoisotopic (exact) mass is 501 g/mol. The molecule has 1 unspecified atom stereocenters. The van der Waals surface area contributed by atoms with E-state index in [0.29, 0.717) is 21.7 Å². The number of aliphatic imine (C=N–C) groups is 1. The van der Waals surface area contributed by atoms with Crippen molar-refractivity contribution in [2.75, 3.05) is 12.8 Å². The molecule has 170 valence electrons. The number of benzene rings is 1. The predicted octanol–water partition coefficient (Wildman–Crippen LogP) is 3.41. The first kappa shape index (κ1) is 21.7. The van der Waals surface area contributed by atoms with Crippen molar-refractivity contribution in [1.29, 1.82) is 0 Å². The van der Waals surface area contributed by atoms with Crippen LogP contribution in [0.25, 0.3) is 27.9 Å². The molecule has 0 amide bonds. The van der Waals surface area contributed by atoms with Crippen LogP contribution < -0.4 is 5.73 Å². The molecule has 2 N–H and O–H groups in total. The smallest absolute Gasteiger partial charge is 0.258 e. The van der Waals surface area contributed by atoms with Crippen LogP contribution in [0.4, 0.5) is 0 Å². The molecule has 1 aliphatic rings. The Hall–Kier alpha value is -3.15. The first-order valence-corrected chi connectivity index (χ1v) is 12.9. The molecule has 0 bridgehead atoms. The molecule has 2 atom stereocenters. The van der Waals surface area contributed by atoms with Gasteiger partial charge in [-0.15, -0.1) is 21.5 Å². The van der Waals surface area contributed by atoms with E-state index in [-0.39, 0.29) is 11.7 Å². The quantitative estimate of drug-likeness (QED) is 0.428. The molecule has 0 saturated heterocycles. The zero-order chi connectivity index (χ0) is 23.4. The Bertz CT molecular complexity index is 1460. The van der Waals surface area contributed by atoms with Crippen molar-refractivity contribution in [2.24, 2.45) is 10.7 Å². The highest BCUT2D eigenvalue weighted by atomic mass is 35.5. The normalized spacial score (nSPS) is 23.0. The lowest BCUT2D eigenvalue weighted by Crippen LogP contribution is -2.50. The number of hydrogen-bond donors (Lipinski definition) is 1. The first-order valence-electron chi connectivity index (χ1n) is 9.84. The average Bonchev–Trinajstić information content (AvgIpc) is 3.52. The highest BCUT2D eigenvalue weighted by molar-refractivity contribution is 7.98. The van der Waals surface area contributed by atoms with Gasteiger partial charge in [-0.2, -0.15) is 5.10 Å². The summed E-state index contributed by atoms with van der Waals surface area (Å²) in [5.74, 6) is 4.92. The molecule has 4 heterocycles. The lowest BCUT2D eigenvalue weighted by Gasteiger charge is -2.36. The lowest BCUT2D eigenvalue weighted by atomic mass is 10.0. The third-order valence-corrected chi connectivity index (χ3v) is 9.37. The molecule has 0 fully saturated rings. The maximum Gasteiger partial charge on any atom is 0.258 e. The van der Waals surface area contributed by atoms with Gasteiger partial charge in [0.05, 0.1) is 35.9 Å². The van der Waals surface area contributed by atoms with Crippen molar-refractivity contribution >= 4 is 44.5 Å². The van der Waals surface area contributed by atoms with Crippen LogP contribution in [0.3, 0.4) is 0 Å².